The van der Waals surface area contributed by atoms with E-state index in [4.69, 9.17) is 11.6 Å². The maximum Gasteiger partial charge on any atom is 0.161 e. The van der Waals surface area contributed by atoms with Gasteiger partial charge in [-0.3, -0.25) is 4.98 Å². The first-order chi connectivity index (χ1) is 8.50. The normalized spacial score (nSPS) is 11.0. The number of aryl methyl sites for hydroxylation is 2. The van der Waals surface area contributed by atoms with Gasteiger partial charge in [0.1, 0.15) is 5.15 Å². The lowest BCUT2D eigenvalue weighted by Crippen LogP contribution is -2.02. The van der Waals surface area contributed by atoms with Gasteiger partial charge >= 0.3 is 0 Å². The molecule has 2 rings (SSSR count). The van der Waals surface area contributed by atoms with Crippen molar-refractivity contribution in [2.75, 3.05) is 0 Å². The zero-order valence-corrected chi connectivity index (χ0v) is 11.8. The van der Waals surface area contributed by atoms with E-state index in [2.05, 4.69) is 28.8 Å². The van der Waals surface area contributed by atoms with E-state index in [0.717, 1.165) is 22.4 Å². The predicted octanol–water partition coefficient (Wildman–Crippen LogP) is 3.93. The van der Waals surface area contributed by atoms with Crippen molar-refractivity contribution in [1.29, 1.82) is 0 Å². The molecule has 0 aliphatic carbocycles. The van der Waals surface area contributed by atoms with Gasteiger partial charge in [0.05, 0.1) is 0 Å². The van der Waals surface area contributed by atoms with E-state index in [9.17, 15) is 0 Å². The SMILES string of the molecule is Cc1cnccc1-c1nc(C)c(C(C)C)c(Cl)n1. The van der Waals surface area contributed by atoms with Gasteiger partial charge in [-0.25, -0.2) is 9.97 Å². The fourth-order valence-corrected chi connectivity index (χ4v) is 2.48. The number of pyridine rings is 1. The highest BCUT2D eigenvalue weighted by molar-refractivity contribution is 6.30. The molecule has 0 saturated carbocycles. The van der Waals surface area contributed by atoms with E-state index in [-0.39, 0.29) is 0 Å². The first-order valence-corrected chi connectivity index (χ1v) is 6.33. The smallest absolute Gasteiger partial charge is 0.161 e. The summed E-state index contributed by atoms with van der Waals surface area (Å²) in [5.74, 6) is 0.992. The van der Waals surface area contributed by atoms with Crippen molar-refractivity contribution >= 4 is 11.6 Å². The first-order valence-electron chi connectivity index (χ1n) is 5.95. The van der Waals surface area contributed by atoms with Crippen molar-refractivity contribution in [2.24, 2.45) is 0 Å². The van der Waals surface area contributed by atoms with E-state index in [1.807, 2.05) is 19.9 Å². The summed E-state index contributed by atoms with van der Waals surface area (Å²) in [4.78, 5) is 13.0. The number of nitrogens with zero attached hydrogens (tertiary/aromatic N) is 3. The van der Waals surface area contributed by atoms with Crippen LogP contribution in [-0.2, 0) is 0 Å². The Bertz CT molecular complexity index is 556. The molecular weight excluding hydrogens is 246 g/mol. The van der Waals surface area contributed by atoms with E-state index in [0.29, 0.717) is 16.9 Å². The number of hydrogen-bond acceptors (Lipinski definition) is 3. The second-order valence-corrected chi connectivity index (χ2v) is 5.04. The van der Waals surface area contributed by atoms with Crippen molar-refractivity contribution in [2.45, 2.75) is 33.6 Å². The van der Waals surface area contributed by atoms with Crippen molar-refractivity contribution in [3.8, 4) is 11.4 Å². The number of rotatable bonds is 2. The van der Waals surface area contributed by atoms with Crippen molar-refractivity contribution in [3.63, 3.8) is 0 Å². The molecule has 0 radical (unpaired) electrons. The Morgan fingerprint density at radius 1 is 1.17 bits per heavy atom. The Morgan fingerprint density at radius 3 is 2.44 bits per heavy atom. The maximum atomic E-state index is 6.27. The van der Waals surface area contributed by atoms with Crippen molar-refractivity contribution < 1.29 is 0 Å². The minimum atomic E-state index is 0.324. The Balaban J connectivity index is 2.59. The van der Waals surface area contributed by atoms with Gasteiger partial charge in [0.15, 0.2) is 5.82 Å². The molecule has 0 fully saturated rings. The molecular formula is C14H16ClN3. The molecule has 0 aliphatic heterocycles. The van der Waals surface area contributed by atoms with Gasteiger partial charge in [-0.05, 0) is 31.4 Å². The second-order valence-electron chi connectivity index (χ2n) is 4.68. The zero-order valence-electron chi connectivity index (χ0n) is 11.0. The minimum absolute atomic E-state index is 0.324. The third-order valence-electron chi connectivity index (χ3n) is 2.93. The molecule has 2 aromatic heterocycles. The quantitative estimate of drug-likeness (QED) is 0.769. The molecule has 0 unspecified atom stereocenters. The summed E-state index contributed by atoms with van der Waals surface area (Å²) in [6, 6.07) is 1.91. The van der Waals surface area contributed by atoms with Gasteiger partial charge in [-0.1, -0.05) is 25.4 Å². The molecule has 18 heavy (non-hydrogen) atoms. The summed E-state index contributed by atoms with van der Waals surface area (Å²) in [7, 11) is 0. The van der Waals surface area contributed by atoms with Gasteiger partial charge in [-0.15, -0.1) is 0 Å². The van der Waals surface area contributed by atoms with Gasteiger partial charge in [0.2, 0.25) is 0 Å². The fourth-order valence-electron chi connectivity index (χ4n) is 2.05. The molecule has 0 atom stereocenters. The summed E-state index contributed by atoms with van der Waals surface area (Å²) >= 11 is 6.27. The fraction of sp³-hybridized carbons (Fsp3) is 0.357. The summed E-state index contributed by atoms with van der Waals surface area (Å²) in [6.45, 7) is 8.15. The van der Waals surface area contributed by atoms with Crippen molar-refractivity contribution in [1.82, 2.24) is 15.0 Å². The van der Waals surface area contributed by atoms with Crippen LogP contribution in [0.4, 0.5) is 0 Å². The highest BCUT2D eigenvalue weighted by Gasteiger charge is 2.14. The number of aromatic nitrogens is 3. The maximum absolute atomic E-state index is 6.27. The highest BCUT2D eigenvalue weighted by atomic mass is 35.5. The first kappa shape index (κ1) is 13.0. The monoisotopic (exact) mass is 261 g/mol. The van der Waals surface area contributed by atoms with E-state index < -0.39 is 0 Å². The van der Waals surface area contributed by atoms with E-state index >= 15 is 0 Å². The van der Waals surface area contributed by atoms with Crippen LogP contribution in [0.15, 0.2) is 18.5 Å². The molecule has 0 N–H and O–H groups in total. The lowest BCUT2D eigenvalue weighted by Gasteiger charge is -2.13. The molecule has 0 aliphatic rings. The van der Waals surface area contributed by atoms with Gasteiger partial charge in [0, 0.05) is 29.2 Å². The van der Waals surface area contributed by atoms with Gasteiger partial charge in [-0.2, -0.15) is 0 Å². The van der Waals surface area contributed by atoms with Crippen LogP contribution in [0.5, 0.6) is 0 Å². The molecule has 0 aromatic carbocycles. The molecule has 0 spiro atoms. The van der Waals surface area contributed by atoms with E-state index in [1.54, 1.807) is 12.4 Å². The summed E-state index contributed by atoms with van der Waals surface area (Å²) in [5, 5.41) is 0.545. The standard InChI is InChI=1S/C14H16ClN3/c1-8(2)12-10(4)17-14(18-13(12)15)11-5-6-16-7-9(11)3/h5-8H,1-4H3. The summed E-state index contributed by atoms with van der Waals surface area (Å²) in [6.07, 6.45) is 3.55. The van der Waals surface area contributed by atoms with Crippen molar-refractivity contribution in [3.05, 3.63) is 40.4 Å². The molecule has 4 heteroatoms. The summed E-state index contributed by atoms with van der Waals surface area (Å²) < 4.78 is 0. The third kappa shape index (κ3) is 2.36. The molecule has 0 saturated heterocycles. The zero-order chi connectivity index (χ0) is 13.3. The largest absolute Gasteiger partial charge is 0.264 e. The lowest BCUT2D eigenvalue weighted by molar-refractivity contribution is 0.831. The molecule has 3 nitrogen and oxygen atoms in total. The van der Waals surface area contributed by atoms with Crippen LogP contribution >= 0.6 is 11.6 Å². The highest BCUT2D eigenvalue weighted by Crippen LogP contribution is 2.28. The van der Waals surface area contributed by atoms with Gasteiger partial charge < -0.3 is 0 Å². The van der Waals surface area contributed by atoms with Gasteiger partial charge in [0.25, 0.3) is 0 Å². The Kier molecular flexibility index (Phi) is 3.62. The number of halogens is 1. The molecule has 2 heterocycles. The van der Waals surface area contributed by atoms with Crippen LogP contribution in [0.2, 0.25) is 5.15 Å². The molecule has 2 aromatic rings. The number of hydrogen-bond donors (Lipinski definition) is 0. The molecule has 0 bridgehead atoms. The third-order valence-corrected chi connectivity index (χ3v) is 3.22. The topological polar surface area (TPSA) is 38.7 Å². The van der Waals surface area contributed by atoms with Crippen LogP contribution in [0.25, 0.3) is 11.4 Å². The molecule has 94 valence electrons. The average Bonchev–Trinajstić information content (AvgIpc) is 2.27. The van der Waals surface area contributed by atoms with Crippen LogP contribution in [0, 0.1) is 13.8 Å². The van der Waals surface area contributed by atoms with Crippen LogP contribution in [0.3, 0.4) is 0 Å². The predicted molar refractivity (Wildman–Crippen MR) is 73.8 cm³/mol. The summed E-state index contributed by atoms with van der Waals surface area (Å²) in [5.41, 5.74) is 3.99. The Labute approximate surface area is 112 Å². The van der Waals surface area contributed by atoms with Crippen LogP contribution in [-0.4, -0.2) is 15.0 Å². The Hall–Kier alpha value is -1.48. The molecule has 0 amide bonds. The second kappa shape index (κ2) is 5.02. The van der Waals surface area contributed by atoms with E-state index in [1.165, 1.54) is 0 Å². The van der Waals surface area contributed by atoms with Crippen LogP contribution in [0.1, 0.15) is 36.6 Å². The average molecular weight is 262 g/mol. The Morgan fingerprint density at radius 2 is 1.89 bits per heavy atom. The van der Waals surface area contributed by atoms with Crippen LogP contribution < -0.4 is 0 Å². The minimum Gasteiger partial charge on any atom is -0.264 e. The lowest BCUT2D eigenvalue weighted by atomic mass is 10.0.